The molecule has 0 bridgehead atoms. The Morgan fingerprint density at radius 3 is 2.94 bits per heavy atom. The van der Waals surface area contributed by atoms with Gasteiger partial charge >= 0.3 is 0 Å². The molecule has 0 unspecified atom stereocenters. The van der Waals surface area contributed by atoms with Crippen molar-refractivity contribution in [2.45, 2.75) is 6.92 Å². The molecular formula is C11H9BrClN3. The van der Waals surface area contributed by atoms with Gasteiger partial charge < -0.3 is 5.32 Å². The van der Waals surface area contributed by atoms with E-state index in [4.69, 9.17) is 11.6 Å². The standard InChI is InChI=1S/C11H9BrClN3/c1-7-2-3-9(13)10(4-7)16-11-8(12)5-14-6-15-11/h2-6H,1H3,(H,14,15,16). The Morgan fingerprint density at radius 1 is 1.38 bits per heavy atom. The number of anilines is 2. The second kappa shape index (κ2) is 4.80. The fourth-order valence-corrected chi connectivity index (χ4v) is 1.75. The monoisotopic (exact) mass is 297 g/mol. The molecule has 0 saturated heterocycles. The number of nitrogens with one attached hydrogen (secondary N) is 1. The highest BCUT2D eigenvalue weighted by atomic mass is 79.9. The van der Waals surface area contributed by atoms with Gasteiger partial charge in [-0.1, -0.05) is 17.7 Å². The highest BCUT2D eigenvalue weighted by Crippen LogP contribution is 2.28. The largest absolute Gasteiger partial charge is 0.338 e. The smallest absolute Gasteiger partial charge is 0.148 e. The molecule has 2 aromatic rings. The van der Waals surface area contributed by atoms with Gasteiger partial charge in [0, 0.05) is 6.20 Å². The lowest BCUT2D eigenvalue weighted by Gasteiger charge is -2.09. The molecule has 0 radical (unpaired) electrons. The van der Waals surface area contributed by atoms with Gasteiger partial charge in [-0.25, -0.2) is 9.97 Å². The molecule has 0 aliphatic rings. The summed E-state index contributed by atoms with van der Waals surface area (Å²) in [6.07, 6.45) is 3.16. The maximum absolute atomic E-state index is 6.08. The molecule has 1 N–H and O–H groups in total. The minimum atomic E-state index is 0.663. The Labute approximate surface area is 107 Å². The van der Waals surface area contributed by atoms with Crippen molar-refractivity contribution in [2.75, 3.05) is 5.32 Å². The van der Waals surface area contributed by atoms with E-state index in [1.54, 1.807) is 6.20 Å². The van der Waals surface area contributed by atoms with Crippen molar-refractivity contribution in [1.82, 2.24) is 9.97 Å². The Bertz CT molecular complexity index is 516. The van der Waals surface area contributed by atoms with Gasteiger partial charge in [-0.3, -0.25) is 0 Å². The number of aryl methyl sites for hydroxylation is 1. The predicted molar refractivity (Wildman–Crippen MR) is 69.2 cm³/mol. The Morgan fingerprint density at radius 2 is 2.19 bits per heavy atom. The number of halogens is 2. The van der Waals surface area contributed by atoms with Gasteiger partial charge in [0.25, 0.3) is 0 Å². The van der Waals surface area contributed by atoms with E-state index in [0.29, 0.717) is 10.8 Å². The molecule has 0 atom stereocenters. The molecule has 1 aromatic carbocycles. The summed E-state index contributed by atoms with van der Waals surface area (Å²) in [6.45, 7) is 2.01. The van der Waals surface area contributed by atoms with Gasteiger partial charge in [-0.05, 0) is 40.5 Å². The van der Waals surface area contributed by atoms with Gasteiger partial charge in [-0.2, -0.15) is 0 Å². The van der Waals surface area contributed by atoms with Crippen LogP contribution in [-0.4, -0.2) is 9.97 Å². The first-order chi connectivity index (χ1) is 7.66. The van der Waals surface area contributed by atoms with Crippen molar-refractivity contribution >= 4 is 39.0 Å². The van der Waals surface area contributed by atoms with Crippen LogP contribution in [0, 0.1) is 6.92 Å². The van der Waals surface area contributed by atoms with E-state index < -0.39 is 0 Å². The van der Waals surface area contributed by atoms with Crippen LogP contribution in [0.25, 0.3) is 0 Å². The summed E-state index contributed by atoms with van der Waals surface area (Å²) < 4.78 is 0.799. The Kier molecular flexibility index (Phi) is 3.41. The summed E-state index contributed by atoms with van der Waals surface area (Å²) in [5, 5.41) is 3.81. The van der Waals surface area contributed by atoms with E-state index in [1.165, 1.54) is 6.33 Å². The van der Waals surface area contributed by atoms with Crippen LogP contribution in [0.1, 0.15) is 5.56 Å². The summed E-state index contributed by atoms with van der Waals surface area (Å²) in [4.78, 5) is 8.01. The van der Waals surface area contributed by atoms with Crippen molar-refractivity contribution < 1.29 is 0 Å². The fraction of sp³-hybridized carbons (Fsp3) is 0.0909. The van der Waals surface area contributed by atoms with Crippen molar-refractivity contribution in [3.05, 3.63) is 45.8 Å². The van der Waals surface area contributed by atoms with Gasteiger partial charge in [0.05, 0.1) is 15.2 Å². The Hall–Kier alpha value is -1.13. The lowest BCUT2D eigenvalue weighted by molar-refractivity contribution is 1.15. The third kappa shape index (κ3) is 2.51. The quantitative estimate of drug-likeness (QED) is 0.912. The van der Waals surface area contributed by atoms with E-state index in [9.17, 15) is 0 Å². The highest BCUT2D eigenvalue weighted by Gasteiger charge is 2.04. The van der Waals surface area contributed by atoms with Crippen molar-refractivity contribution in [3.8, 4) is 0 Å². The summed E-state index contributed by atoms with van der Waals surface area (Å²) in [5.74, 6) is 0.697. The minimum Gasteiger partial charge on any atom is -0.338 e. The van der Waals surface area contributed by atoms with E-state index in [0.717, 1.165) is 15.7 Å². The number of aromatic nitrogens is 2. The van der Waals surface area contributed by atoms with Crippen LogP contribution in [0.15, 0.2) is 35.2 Å². The first-order valence-electron chi connectivity index (χ1n) is 4.65. The van der Waals surface area contributed by atoms with Crippen LogP contribution in [0.4, 0.5) is 11.5 Å². The molecule has 0 saturated carbocycles. The van der Waals surface area contributed by atoms with Crippen LogP contribution in [0.3, 0.4) is 0 Å². The third-order valence-corrected chi connectivity index (χ3v) is 2.95. The zero-order valence-electron chi connectivity index (χ0n) is 8.54. The lowest BCUT2D eigenvalue weighted by atomic mass is 10.2. The second-order valence-electron chi connectivity index (χ2n) is 3.33. The molecule has 0 spiro atoms. The normalized spacial score (nSPS) is 10.2. The van der Waals surface area contributed by atoms with E-state index in [2.05, 4.69) is 31.2 Å². The zero-order chi connectivity index (χ0) is 11.5. The molecular weight excluding hydrogens is 289 g/mol. The molecule has 0 aliphatic carbocycles. The molecule has 0 aliphatic heterocycles. The zero-order valence-corrected chi connectivity index (χ0v) is 10.9. The SMILES string of the molecule is Cc1ccc(Cl)c(Nc2ncncc2Br)c1. The van der Waals surface area contributed by atoms with E-state index in [-0.39, 0.29) is 0 Å². The topological polar surface area (TPSA) is 37.8 Å². The van der Waals surface area contributed by atoms with Crippen LogP contribution >= 0.6 is 27.5 Å². The molecule has 82 valence electrons. The van der Waals surface area contributed by atoms with Gasteiger partial charge in [0.15, 0.2) is 0 Å². The van der Waals surface area contributed by atoms with Crippen LogP contribution in [0.2, 0.25) is 5.02 Å². The van der Waals surface area contributed by atoms with Crippen LogP contribution < -0.4 is 5.32 Å². The van der Waals surface area contributed by atoms with Crippen LogP contribution in [-0.2, 0) is 0 Å². The molecule has 16 heavy (non-hydrogen) atoms. The third-order valence-electron chi connectivity index (χ3n) is 2.04. The number of rotatable bonds is 2. The molecule has 3 nitrogen and oxygen atoms in total. The highest BCUT2D eigenvalue weighted by molar-refractivity contribution is 9.10. The molecule has 2 rings (SSSR count). The van der Waals surface area contributed by atoms with Gasteiger partial charge in [0.2, 0.25) is 0 Å². The number of hydrogen-bond donors (Lipinski definition) is 1. The molecule has 1 aromatic heterocycles. The maximum Gasteiger partial charge on any atom is 0.148 e. The number of benzene rings is 1. The fourth-order valence-electron chi connectivity index (χ4n) is 1.27. The average Bonchev–Trinajstić information content (AvgIpc) is 2.27. The molecule has 0 fully saturated rings. The van der Waals surface area contributed by atoms with Gasteiger partial charge in [0.1, 0.15) is 12.1 Å². The van der Waals surface area contributed by atoms with Crippen molar-refractivity contribution in [2.24, 2.45) is 0 Å². The molecule has 0 amide bonds. The van der Waals surface area contributed by atoms with Crippen LogP contribution in [0.5, 0.6) is 0 Å². The summed E-state index contributed by atoms with van der Waals surface area (Å²) in [5.41, 5.74) is 1.97. The summed E-state index contributed by atoms with van der Waals surface area (Å²) in [6, 6.07) is 5.79. The van der Waals surface area contributed by atoms with Crippen molar-refractivity contribution in [1.29, 1.82) is 0 Å². The summed E-state index contributed by atoms with van der Waals surface area (Å²) >= 11 is 9.44. The van der Waals surface area contributed by atoms with E-state index >= 15 is 0 Å². The number of hydrogen-bond acceptors (Lipinski definition) is 3. The molecule has 1 heterocycles. The minimum absolute atomic E-state index is 0.663. The lowest BCUT2D eigenvalue weighted by Crippen LogP contribution is -1.96. The second-order valence-corrected chi connectivity index (χ2v) is 4.59. The van der Waals surface area contributed by atoms with Gasteiger partial charge in [-0.15, -0.1) is 0 Å². The Balaban J connectivity index is 2.34. The number of nitrogens with zero attached hydrogens (tertiary/aromatic N) is 2. The molecule has 5 heteroatoms. The first kappa shape index (κ1) is 11.4. The summed E-state index contributed by atoms with van der Waals surface area (Å²) in [7, 11) is 0. The van der Waals surface area contributed by atoms with E-state index in [1.807, 2.05) is 25.1 Å². The average molecular weight is 299 g/mol. The maximum atomic E-state index is 6.08. The first-order valence-corrected chi connectivity index (χ1v) is 5.82. The van der Waals surface area contributed by atoms with Crippen molar-refractivity contribution in [3.63, 3.8) is 0 Å². The predicted octanol–water partition coefficient (Wildman–Crippen LogP) is 3.94.